The first-order valence-corrected chi connectivity index (χ1v) is 22.9. The van der Waals surface area contributed by atoms with E-state index in [0.717, 1.165) is 44.5 Å². The topological polar surface area (TPSA) is 38.9 Å². The average Bonchev–Trinajstić information content (AvgIpc) is 3.43. The largest absolute Gasteiger partial charge is 0 e. The van der Waals surface area contributed by atoms with Crippen molar-refractivity contribution < 1.29 is 24.5 Å². The number of hydrogen-bond donors (Lipinski definition) is 0. The minimum absolute atomic E-state index is 0. The summed E-state index contributed by atoms with van der Waals surface area (Å²) in [5.41, 5.74) is 10.7. The number of benzene rings is 4. The van der Waals surface area contributed by atoms with Crippen LogP contribution in [0.2, 0.25) is 17.3 Å². The van der Waals surface area contributed by atoms with Gasteiger partial charge >= 0.3 is 106 Å². The molecule has 0 unspecified atom stereocenters. The second-order valence-electron chi connectivity index (χ2n) is 12.8. The predicted octanol–water partition coefficient (Wildman–Crippen LogP) is 10.6. The van der Waals surface area contributed by atoms with Crippen molar-refractivity contribution in [3.8, 4) is 33.6 Å². The van der Waals surface area contributed by atoms with E-state index in [1.165, 1.54) is 26.6 Å². The van der Waals surface area contributed by atoms with Gasteiger partial charge in [-0.1, -0.05) is 72.8 Å². The van der Waals surface area contributed by atoms with Crippen LogP contribution >= 0.6 is 0 Å². The Labute approximate surface area is 288 Å². The maximum absolute atomic E-state index is 6.26. The molecule has 7 aromatic rings. The number of furan rings is 1. The van der Waals surface area contributed by atoms with E-state index >= 15 is 0 Å². The molecule has 46 heavy (non-hydrogen) atoms. The average molecular weight is 840 g/mol. The molecule has 0 aliphatic carbocycles. The standard InChI is InChI=1S/C26H20NO.C15H18GeN.Ir/c1-17(2)19-13-14-27-24(16-19)22-10-6-9-21-23-15-20(18-7-4-3-5-8-18)11-12-25(23)28-26(21)22;1-12-10-15(13-8-6-5-7-9-13)17-11-14(12)16(2,3)4;/h3-9,11-17H,1-2H3;5-8,10-11H,1-4H3;/q2*-1;. The van der Waals surface area contributed by atoms with Crippen molar-refractivity contribution in [1.82, 2.24) is 9.97 Å². The molecule has 4 aromatic carbocycles. The first-order chi connectivity index (χ1) is 21.7. The van der Waals surface area contributed by atoms with Crippen molar-refractivity contribution in [2.24, 2.45) is 0 Å². The molecule has 5 heteroatoms. The molecule has 3 nitrogen and oxygen atoms in total. The number of aromatic nitrogens is 2. The van der Waals surface area contributed by atoms with E-state index in [2.05, 4.69) is 139 Å². The van der Waals surface area contributed by atoms with Gasteiger partial charge in [0.25, 0.3) is 0 Å². The Morgan fingerprint density at radius 3 is 2.20 bits per heavy atom. The summed E-state index contributed by atoms with van der Waals surface area (Å²) in [7, 11) is 0. The quantitative estimate of drug-likeness (QED) is 0.128. The smallest absolute Gasteiger partial charge is 0 e. The third-order valence-electron chi connectivity index (χ3n) is 8.15. The van der Waals surface area contributed by atoms with E-state index in [9.17, 15) is 0 Å². The minimum Gasteiger partial charge on any atom is 0 e. The number of rotatable bonds is 5. The Kier molecular flexibility index (Phi) is 10.4. The molecule has 3 heterocycles. The molecule has 3 aromatic heterocycles. The Balaban J connectivity index is 0.000000200. The van der Waals surface area contributed by atoms with Crippen LogP contribution in [-0.4, -0.2) is 23.2 Å². The number of nitrogens with zero attached hydrogens (tertiary/aromatic N) is 2. The van der Waals surface area contributed by atoms with Crippen LogP contribution in [0.4, 0.5) is 0 Å². The number of hydrogen-bond acceptors (Lipinski definition) is 3. The van der Waals surface area contributed by atoms with Gasteiger partial charge < -0.3 is 9.40 Å². The monoisotopic (exact) mass is 841 g/mol. The van der Waals surface area contributed by atoms with E-state index < -0.39 is 13.3 Å². The van der Waals surface area contributed by atoms with Crippen molar-refractivity contribution in [2.75, 3.05) is 0 Å². The van der Waals surface area contributed by atoms with Crippen LogP contribution in [0.25, 0.3) is 55.6 Å². The predicted molar refractivity (Wildman–Crippen MR) is 192 cm³/mol. The Bertz CT molecular complexity index is 2080. The van der Waals surface area contributed by atoms with Gasteiger partial charge in [0.15, 0.2) is 0 Å². The molecule has 0 N–H and O–H groups in total. The normalized spacial score (nSPS) is 11.3. The van der Waals surface area contributed by atoms with Crippen LogP contribution in [-0.2, 0) is 20.1 Å². The second-order valence-corrected chi connectivity index (χ2v) is 23.4. The van der Waals surface area contributed by atoms with Gasteiger partial charge in [-0.3, -0.25) is 0 Å². The van der Waals surface area contributed by atoms with E-state index in [4.69, 9.17) is 4.42 Å². The summed E-state index contributed by atoms with van der Waals surface area (Å²) in [5.74, 6) is 7.65. The van der Waals surface area contributed by atoms with Crippen LogP contribution in [0.3, 0.4) is 0 Å². The Morgan fingerprint density at radius 1 is 0.717 bits per heavy atom. The molecule has 233 valence electrons. The first-order valence-electron chi connectivity index (χ1n) is 15.5. The van der Waals surface area contributed by atoms with Crippen LogP contribution in [0.15, 0.2) is 120 Å². The molecule has 0 atom stereocenters. The second kappa shape index (κ2) is 14.3. The third-order valence-corrected chi connectivity index (χ3v) is 12.6. The summed E-state index contributed by atoms with van der Waals surface area (Å²) in [6.45, 7) is 6.57. The molecule has 0 saturated carbocycles. The fourth-order valence-corrected chi connectivity index (χ4v) is 9.31. The van der Waals surface area contributed by atoms with Gasteiger partial charge in [0.2, 0.25) is 0 Å². The van der Waals surface area contributed by atoms with Crippen LogP contribution < -0.4 is 4.40 Å². The molecule has 1 radical (unpaired) electrons. The number of fused-ring (bicyclic) bond motifs is 3. The summed E-state index contributed by atoms with van der Waals surface area (Å²) in [4.78, 5) is 9.18. The van der Waals surface area contributed by atoms with Crippen molar-refractivity contribution in [1.29, 1.82) is 0 Å². The molecule has 0 saturated heterocycles. The number of aryl methyl sites for hydroxylation is 1. The van der Waals surface area contributed by atoms with Gasteiger partial charge in [-0.25, -0.2) is 0 Å². The zero-order valence-corrected chi connectivity index (χ0v) is 31.7. The van der Waals surface area contributed by atoms with Crippen molar-refractivity contribution in [2.45, 2.75) is 44.0 Å². The maximum atomic E-state index is 6.26. The van der Waals surface area contributed by atoms with Gasteiger partial charge in [-0.05, 0) is 40.9 Å². The molecule has 7 rings (SSSR count). The number of pyridine rings is 2. The van der Waals surface area contributed by atoms with Gasteiger partial charge in [0, 0.05) is 31.7 Å². The molecular formula is C41H38GeIrN2O-2. The maximum Gasteiger partial charge on any atom is 0 e. The van der Waals surface area contributed by atoms with E-state index in [1.54, 1.807) is 0 Å². The first kappa shape index (κ1) is 33.5. The molecule has 0 aliphatic rings. The third kappa shape index (κ3) is 7.26. The van der Waals surface area contributed by atoms with Crippen LogP contribution in [0.5, 0.6) is 0 Å². The summed E-state index contributed by atoms with van der Waals surface area (Å²) in [6.07, 6.45) is 3.94. The fraction of sp³-hybridized carbons (Fsp3) is 0.171. The Morgan fingerprint density at radius 2 is 1.50 bits per heavy atom. The zero-order valence-electron chi connectivity index (χ0n) is 27.2. The van der Waals surface area contributed by atoms with Gasteiger partial charge in [-0.2, -0.15) is 0 Å². The Hall–Kier alpha value is -3.83. The van der Waals surface area contributed by atoms with Crippen molar-refractivity contribution >= 4 is 39.6 Å². The minimum atomic E-state index is -1.77. The van der Waals surface area contributed by atoms with Gasteiger partial charge in [-0.15, -0.1) is 18.2 Å². The SMILES string of the molecule is CC(C)c1ccnc(-c2[c-]ccc3c2oc2ccc(-c4ccccc4)cc23)c1.Cc1cc(-c2[c-]cccc2)nc[c]1[Ge]([CH3])([CH3])[CH3].[Ir]. The van der Waals surface area contributed by atoms with E-state index in [-0.39, 0.29) is 20.1 Å². The summed E-state index contributed by atoms with van der Waals surface area (Å²) < 4.78 is 7.75. The van der Waals surface area contributed by atoms with Gasteiger partial charge in [0.05, 0.1) is 5.58 Å². The van der Waals surface area contributed by atoms with Gasteiger partial charge in [0.1, 0.15) is 5.58 Å². The summed E-state index contributed by atoms with van der Waals surface area (Å²) in [5, 5.41) is 2.21. The molecule has 0 bridgehead atoms. The zero-order chi connectivity index (χ0) is 31.6. The fourth-order valence-electron chi connectivity index (χ4n) is 5.73. The van der Waals surface area contributed by atoms with E-state index in [1.807, 2.05) is 36.5 Å². The summed E-state index contributed by atoms with van der Waals surface area (Å²) in [6, 6.07) is 41.8. The molecular weight excluding hydrogens is 801 g/mol. The van der Waals surface area contributed by atoms with Crippen LogP contribution in [0.1, 0.15) is 30.9 Å². The van der Waals surface area contributed by atoms with E-state index in [0.29, 0.717) is 5.92 Å². The molecule has 0 aliphatic heterocycles. The summed E-state index contributed by atoms with van der Waals surface area (Å²) >= 11 is -1.77. The molecule has 0 spiro atoms. The molecule has 0 fully saturated rings. The van der Waals surface area contributed by atoms with Crippen molar-refractivity contribution in [3.63, 3.8) is 0 Å². The molecule has 0 amide bonds. The van der Waals surface area contributed by atoms with Crippen LogP contribution in [0, 0.1) is 19.1 Å². The van der Waals surface area contributed by atoms with Crippen molar-refractivity contribution in [3.05, 3.63) is 139 Å².